The van der Waals surface area contributed by atoms with Crippen LogP contribution >= 0.6 is 0 Å². The lowest BCUT2D eigenvalue weighted by Gasteiger charge is -2.13. The molecule has 0 unspecified atom stereocenters. The lowest BCUT2D eigenvalue weighted by atomic mass is 10.5. The van der Waals surface area contributed by atoms with Crippen molar-refractivity contribution in [2.24, 2.45) is 0 Å². The zero-order chi connectivity index (χ0) is 13.7. The minimum absolute atomic E-state index is 0.00353. The molecule has 2 N–H and O–H groups in total. The first-order chi connectivity index (χ1) is 9.21. The van der Waals surface area contributed by atoms with Gasteiger partial charge in [0.15, 0.2) is 6.29 Å². The van der Waals surface area contributed by atoms with Crippen LogP contribution in [0.4, 0.5) is 5.69 Å². The molecule has 0 saturated heterocycles. The second-order valence-corrected chi connectivity index (χ2v) is 4.55. The van der Waals surface area contributed by atoms with Gasteiger partial charge in [0.2, 0.25) is 5.91 Å². The number of aromatic nitrogens is 2. The highest BCUT2D eigenvalue weighted by Gasteiger charge is 2.23. The van der Waals surface area contributed by atoms with Crippen molar-refractivity contribution < 1.29 is 14.3 Å². The molecule has 0 bridgehead atoms. The van der Waals surface area contributed by atoms with Gasteiger partial charge < -0.3 is 20.1 Å². The number of rotatable bonds is 8. The molecule has 1 aromatic heterocycles. The number of methoxy groups -OCH3 is 2. The summed E-state index contributed by atoms with van der Waals surface area (Å²) < 4.78 is 11.7. The third kappa shape index (κ3) is 4.53. The predicted octanol–water partition coefficient (Wildman–Crippen LogP) is 0.193. The van der Waals surface area contributed by atoms with Gasteiger partial charge in [0.1, 0.15) is 6.54 Å². The fraction of sp³-hybridized carbons (Fsp3) is 0.667. The lowest BCUT2D eigenvalue weighted by molar-refractivity contribution is -0.122. The molecule has 1 aliphatic carbocycles. The van der Waals surface area contributed by atoms with E-state index in [0.29, 0.717) is 12.6 Å². The molecule has 1 aromatic rings. The quantitative estimate of drug-likeness (QED) is 0.658. The van der Waals surface area contributed by atoms with Gasteiger partial charge in [-0.2, -0.15) is 5.10 Å². The van der Waals surface area contributed by atoms with Gasteiger partial charge in [-0.25, -0.2) is 0 Å². The van der Waals surface area contributed by atoms with Crippen molar-refractivity contribution in [3.8, 4) is 0 Å². The van der Waals surface area contributed by atoms with Gasteiger partial charge in [-0.1, -0.05) is 0 Å². The SMILES string of the molecule is COC(CNc1cnn(CC(=O)NC2CC2)c1)OC. The Morgan fingerprint density at radius 1 is 1.53 bits per heavy atom. The van der Waals surface area contributed by atoms with E-state index in [2.05, 4.69) is 15.7 Å². The standard InChI is InChI=1S/C12H20N4O3/c1-18-12(19-2)6-13-10-5-14-16(7-10)8-11(17)15-9-3-4-9/h5,7,9,12-13H,3-4,6,8H2,1-2H3,(H,15,17). The molecule has 7 nitrogen and oxygen atoms in total. The number of nitrogens with zero attached hydrogens (tertiary/aromatic N) is 2. The predicted molar refractivity (Wildman–Crippen MR) is 69.7 cm³/mol. The normalized spacial score (nSPS) is 14.7. The molecule has 106 valence electrons. The Kier molecular flexibility index (Phi) is 4.75. The van der Waals surface area contributed by atoms with Gasteiger partial charge in [0, 0.05) is 26.5 Å². The van der Waals surface area contributed by atoms with Crippen molar-refractivity contribution in [3.05, 3.63) is 12.4 Å². The molecule has 0 spiro atoms. The molecule has 7 heteroatoms. The van der Waals surface area contributed by atoms with Crippen LogP contribution in [0.3, 0.4) is 0 Å². The molecule has 1 heterocycles. The van der Waals surface area contributed by atoms with Gasteiger partial charge >= 0.3 is 0 Å². The van der Waals surface area contributed by atoms with Crippen molar-refractivity contribution in [3.63, 3.8) is 0 Å². The molecule has 0 radical (unpaired) electrons. The number of anilines is 1. The Hall–Kier alpha value is -1.60. The van der Waals surface area contributed by atoms with Crippen LogP contribution < -0.4 is 10.6 Å². The molecule has 2 rings (SSSR count). The Balaban J connectivity index is 1.75. The Labute approximate surface area is 112 Å². The van der Waals surface area contributed by atoms with E-state index in [1.54, 1.807) is 31.3 Å². The summed E-state index contributed by atoms with van der Waals surface area (Å²) in [4.78, 5) is 11.6. The zero-order valence-corrected chi connectivity index (χ0v) is 11.3. The molecule has 0 aliphatic heterocycles. The Morgan fingerprint density at radius 3 is 2.89 bits per heavy atom. The average molecular weight is 268 g/mol. The lowest BCUT2D eigenvalue weighted by Crippen LogP contribution is -2.29. The maximum absolute atomic E-state index is 11.6. The van der Waals surface area contributed by atoms with Crippen LogP contribution in [0.5, 0.6) is 0 Å². The summed E-state index contributed by atoms with van der Waals surface area (Å²) in [5, 5.41) is 10.2. The van der Waals surface area contributed by atoms with Crippen molar-refractivity contribution in [2.45, 2.75) is 31.7 Å². The molecule has 1 fully saturated rings. The van der Waals surface area contributed by atoms with Gasteiger partial charge in [0.25, 0.3) is 0 Å². The smallest absolute Gasteiger partial charge is 0.241 e. The minimum Gasteiger partial charge on any atom is -0.377 e. The summed E-state index contributed by atoms with van der Waals surface area (Å²) >= 11 is 0. The summed E-state index contributed by atoms with van der Waals surface area (Å²) in [6.07, 6.45) is 5.34. The van der Waals surface area contributed by atoms with Crippen LogP contribution in [0.15, 0.2) is 12.4 Å². The highest BCUT2D eigenvalue weighted by Crippen LogP contribution is 2.18. The molecule has 19 heavy (non-hydrogen) atoms. The maximum atomic E-state index is 11.6. The monoisotopic (exact) mass is 268 g/mol. The largest absolute Gasteiger partial charge is 0.377 e. The molecule has 1 saturated carbocycles. The molecular formula is C12H20N4O3. The molecule has 0 aromatic carbocycles. The number of carbonyl (C=O) groups excluding carboxylic acids is 1. The number of hydrogen-bond acceptors (Lipinski definition) is 5. The van der Waals surface area contributed by atoms with E-state index in [-0.39, 0.29) is 18.7 Å². The van der Waals surface area contributed by atoms with Gasteiger partial charge in [-0.3, -0.25) is 9.48 Å². The van der Waals surface area contributed by atoms with Gasteiger partial charge in [-0.05, 0) is 12.8 Å². The number of amides is 1. The third-order valence-corrected chi connectivity index (χ3v) is 2.88. The van der Waals surface area contributed by atoms with Crippen LogP contribution in [0.2, 0.25) is 0 Å². The van der Waals surface area contributed by atoms with E-state index < -0.39 is 0 Å². The fourth-order valence-electron chi connectivity index (χ4n) is 1.65. The van der Waals surface area contributed by atoms with E-state index >= 15 is 0 Å². The summed E-state index contributed by atoms with van der Waals surface area (Å²) in [7, 11) is 3.17. The van der Waals surface area contributed by atoms with E-state index in [0.717, 1.165) is 18.5 Å². The van der Waals surface area contributed by atoms with Crippen molar-refractivity contribution >= 4 is 11.6 Å². The second kappa shape index (κ2) is 6.53. The van der Waals surface area contributed by atoms with Crippen molar-refractivity contribution in [1.82, 2.24) is 15.1 Å². The van der Waals surface area contributed by atoms with Crippen LogP contribution in [-0.2, 0) is 20.8 Å². The van der Waals surface area contributed by atoms with Crippen LogP contribution in [0.1, 0.15) is 12.8 Å². The maximum Gasteiger partial charge on any atom is 0.241 e. The van der Waals surface area contributed by atoms with E-state index in [9.17, 15) is 4.79 Å². The van der Waals surface area contributed by atoms with Gasteiger partial charge in [0.05, 0.1) is 18.4 Å². The summed E-state index contributed by atoms with van der Waals surface area (Å²) in [6, 6.07) is 0.379. The summed E-state index contributed by atoms with van der Waals surface area (Å²) in [6.45, 7) is 0.767. The van der Waals surface area contributed by atoms with Crippen molar-refractivity contribution in [1.29, 1.82) is 0 Å². The molecule has 1 aliphatic rings. The highest BCUT2D eigenvalue weighted by atomic mass is 16.7. The van der Waals surface area contributed by atoms with E-state index in [1.807, 2.05) is 0 Å². The molecule has 0 atom stereocenters. The number of ether oxygens (including phenoxy) is 2. The van der Waals surface area contributed by atoms with Crippen LogP contribution in [0.25, 0.3) is 0 Å². The second-order valence-electron chi connectivity index (χ2n) is 4.55. The van der Waals surface area contributed by atoms with Crippen LogP contribution in [0, 0.1) is 0 Å². The molecular weight excluding hydrogens is 248 g/mol. The first-order valence-electron chi connectivity index (χ1n) is 6.32. The number of hydrogen-bond donors (Lipinski definition) is 2. The third-order valence-electron chi connectivity index (χ3n) is 2.88. The summed E-state index contributed by atoms with van der Waals surface area (Å²) in [5.74, 6) is 0.00353. The Bertz CT molecular complexity index is 413. The minimum atomic E-state index is -0.304. The van der Waals surface area contributed by atoms with Crippen LogP contribution in [-0.4, -0.2) is 48.8 Å². The number of nitrogens with one attached hydrogen (secondary N) is 2. The average Bonchev–Trinajstić information content (AvgIpc) is 3.09. The van der Waals surface area contributed by atoms with E-state index in [4.69, 9.17) is 9.47 Å². The fourth-order valence-corrected chi connectivity index (χ4v) is 1.65. The highest BCUT2D eigenvalue weighted by molar-refractivity contribution is 5.76. The molecule has 1 amide bonds. The first-order valence-corrected chi connectivity index (χ1v) is 6.32. The number of carbonyl (C=O) groups is 1. The van der Waals surface area contributed by atoms with Crippen molar-refractivity contribution in [2.75, 3.05) is 26.1 Å². The Morgan fingerprint density at radius 2 is 2.26 bits per heavy atom. The topological polar surface area (TPSA) is 77.4 Å². The first kappa shape index (κ1) is 13.8. The van der Waals surface area contributed by atoms with Gasteiger partial charge in [-0.15, -0.1) is 0 Å². The van der Waals surface area contributed by atoms with E-state index in [1.165, 1.54) is 0 Å². The zero-order valence-electron chi connectivity index (χ0n) is 11.3. The summed E-state index contributed by atoms with van der Waals surface area (Å²) in [5.41, 5.74) is 0.832.